The lowest BCUT2D eigenvalue weighted by molar-refractivity contribution is 1.09. The molecular formula is C12H13N5S. The van der Waals surface area contributed by atoms with E-state index in [1.807, 2.05) is 30.3 Å². The minimum atomic E-state index is 0.533. The summed E-state index contributed by atoms with van der Waals surface area (Å²) in [6.45, 7) is 0.533. The lowest BCUT2D eigenvalue weighted by atomic mass is 10.2. The SMILES string of the molecule is CN(c1ccc2nc[nH]c2c1)c1ncc(CN)s1. The standard InChI is InChI=1S/C12H13N5S/c1-17(12-14-6-9(5-13)18-12)8-2-3-10-11(4-8)16-7-15-10/h2-4,6-7H,5,13H2,1H3,(H,15,16). The molecule has 2 heterocycles. The molecule has 0 bridgehead atoms. The van der Waals surface area contributed by atoms with E-state index >= 15 is 0 Å². The second-order valence-electron chi connectivity index (χ2n) is 3.98. The number of nitrogens with zero attached hydrogens (tertiary/aromatic N) is 3. The minimum Gasteiger partial charge on any atom is -0.345 e. The number of hydrogen-bond acceptors (Lipinski definition) is 5. The first-order valence-corrected chi connectivity index (χ1v) is 6.41. The van der Waals surface area contributed by atoms with E-state index in [4.69, 9.17) is 5.73 Å². The zero-order valence-electron chi connectivity index (χ0n) is 9.92. The van der Waals surface area contributed by atoms with Crippen LogP contribution in [-0.4, -0.2) is 22.0 Å². The smallest absolute Gasteiger partial charge is 0.189 e. The number of rotatable bonds is 3. The summed E-state index contributed by atoms with van der Waals surface area (Å²) in [4.78, 5) is 14.8. The van der Waals surface area contributed by atoms with Crippen LogP contribution in [0.4, 0.5) is 10.8 Å². The Labute approximate surface area is 108 Å². The fourth-order valence-corrected chi connectivity index (χ4v) is 2.56. The predicted octanol–water partition coefficient (Wildman–Crippen LogP) is 2.25. The van der Waals surface area contributed by atoms with Gasteiger partial charge in [0, 0.05) is 30.4 Å². The topological polar surface area (TPSA) is 70.8 Å². The Morgan fingerprint density at radius 3 is 3.06 bits per heavy atom. The Hall–Kier alpha value is -1.92. The van der Waals surface area contributed by atoms with Crippen LogP contribution in [0.25, 0.3) is 11.0 Å². The van der Waals surface area contributed by atoms with E-state index in [1.54, 1.807) is 17.7 Å². The van der Waals surface area contributed by atoms with E-state index < -0.39 is 0 Å². The molecule has 92 valence electrons. The van der Waals surface area contributed by atoms with Crippen molar-refractivity contribution in [2.75, 3.05) is 11.9 Å². The molecule has 0 atom stereocenters. The molecule has 0 radical (unpaired) electrons. The van der Waals surface area contributed by atoms with E-state index in [1.165, 1.54) is 0 Å². The number of fused-ring (bicyclic) bond motifs is 1. The number of anilines is 2. The van der Waals surface area contributed by atoms with Crippen LogP contribution in [0.3, 0.4) is 0 Å². The van der Waals surface area contributed by atoms with E-state index in [9.17, 15) is 0 Å². The molecule has 3 N–H and O–H groups in total. The van der Waals surface area contributed by atoms with Crippen LogP contribution in [0.15, 0.2) is 30.7 Å². The highest BCUT2D eigenvalue weighted by Gasteiger charge is 2.09. The third-order valence-corrected chi connectivity index (χ3v) is 3.92. The van der Waals surface area contributed by atoms with Gasteiger partial charge in [-0.2, -0.15) is 0 Å². The van der Waals surface area contributed by atoms with Gasteiger partial charge in [-0.05, 0) is 18.2 Å². The molecule has 0 unspecified atom stereocenters. The largest absolute Gasteiger partial charge is 0.345 e. The first kappa shape index (κ1) is 11.2. The molecule has 0 fully saturated rings. The molecule has 0 saturated heterocycles. The molecule has 0 aliphatic rings. The molecule has 2 aromatic heterocycles. The van der Waals surface area contributed by atoms with Crippen molar-refractivity contribution in [2.45, 2.75) is 6.54 Å². The van der Waals surface area contributed by atoms with Crippen molar-refractivity contribution in [3.63, 3.8) is 0 Å². The normalized spacial score (nSPS) is 11.0. The zero-order chi connectivity index (χ0) is 12.5. The Morgan fingerprint density at radius 1 is 1.39 bits per heavy atom. The Bertz CT molecular complexity index is 672. The van der Waals surface area contributed by atoms with Crippen LogP contribution in [0, 0.1) is 0 Å². The fourth-order valence-electron chi connectivity index (χ4n) is 1.79. The van der Waals surface area contributed by atoms with Crippen molar-refractivity contribution < 1.29 is 0 Å². The van der Waals surface area contributed by atoms with Crippen LogP contribution in [0.2, 0.25) is 0 Å². The molecule has 18 heavy (non-hydrogen) atoms. The highest BCUT2D eigenvalue weighted by molar-refractivity contribution is 7.15. The lowest BCUT2D eigenvalue weighted by Crippen LogP contribution is -2.08. The first-order chi connectivity index (χ1) is 8.78. The van der Waals surface area contributed by atoms with E-state index in [-0.39, 0.29) is 0 Å². The van der Waals surface area contributed by atoms with Crippen molar-refractivity contribution in [3.8, 4) is 0 Å². The monoisotopic (exact) mass is 259 g/mol. The zero-order valence-corrected chi connectivity index (χ0v) is 10.7. The lowest BCUT2D eigenvalue weighted by Gasteiger charge is -2.15. The summed E-state index contributed by atoms with van der Waals surface area (Å²) in [6, 6.07) is 6.09. The average molecular weight is 259 g/mol. The van der Waals surface area contributed by atoms with E-state index in [2.05, 4.69) is 21.0 Å². The van der Waals surface area contributed by atoms with Crippen molar-refractivity contribution in [2.24, 2.45) is 5.73 Å². The average Bonchev–Trinajstić information content (AvgIpc) is 3.05. The number of aromatic amines is 1. The molecule has 3 aromatic rings. The minimum absolute atomic E-state index is 0.533. The van der Waals surface area contributed by atoms with Gasteiger partial charge in [-0.1, -0.05) is 0 Å². The molecule has 1 aromatic carbocycles. The number of benzene rings is 1. The molecule has 5 nitrogen and oxygen atoms in total. The number of nitrogens with one attached hydrogen (secondary N) is 1. The van der Waals surface area contributed by atoms with Gasteiger partial charge in [-0.15, -0.1) is 11.3 Å². The van der Waals surface area contributed by atoms with Crippen LogP contribution < -0.4 is 10.6 Å². The number of nitrogens with two attached hydrogens (primary N) is 1. The number of thiazole rings is 1. The van der Waals surface area contributed by atoms with Crippen molar-refractivity contribution in [1.29, 1.82) is 0 Å². The second-order valence-corrected chi connectivity index (χ2v) is 5.07. The van der Waals surface area contributed by atoms with Gasteiger partial charge >= 0.3 is 0 Å². The molecule has 0 spiro atoms. The van der Waals surface area contributed by atoms with Gasteiger partial charge in [0.05, 0.1) is 17.4 Å². The van der Waals surface area contributed by atoms with Gasteiger partial charge < -0.3 is 15.6 Å². The molecule has 0 amide bonds. The summed E-state index contributed by atoms with van der Waals surface area (Å²) in [5, 5.41) is 0.939. The van der Waals surface area contributed by atoms with E-state index in [0.717, 1.165) is 26.7 Å². The van der Waals surface area contributed by atoms with Crippen LogP contribution in [0.1, 0.15) is 4.88 Å². The third kappa shape index (κ3) is 1.85. The van der Waals surface area contributed by atoms with Crippen molar-refractivity contribution in [1.82, 2.24) is 15.0 Å². The summed E-state index contributed by atoms with van der Waals surface area (Å²) in [7, 11) is 2.00. The van der Waals surface area contributed by atoms with E-state index in [0.29, 0.717) is 6.54 Å². The predicted molar refractivity (Wildman–Crippen MR) is 74.2 cm³/mol. The number of imidazole rings is 1. The molecule has 0 saturated carbocycles. The highest BCUT2D eigenvalue weighted by Crippen LogP contribution is 2.29. The van der Waals surface area contributed by atoms with Crippen LogP contribution in [0.5, 0.6) is 0 Å². The summed E-state index contributed by atoms with van der Waals surface area (Å²) in [5.41, 5.74) is 8.66. The maximum Gasteiger partial charge on any atom is 0.189 e. The Kier molecular flexibility index (Phi) is 2.73. The Morgan fingerprint density at radius 2 is 2.28 bits per heavy atom. The maximum atomic E-state index is 5.60. The second kappa shape index (κ2) is 4.40. The Balaban J connectivity index is 1.97. The van der Waals surface area contributed by atoms with Gasteiger partial charge in [0.1, 0.15) is 0 Å². The summed E-state index contributed by atoms with van der Waals surface area (Å²) >= 11 is 1.61. The summed E-state index contributed by atoms with van der Waals surface area (Å²) in [5.74, 6) is 0. The van der Waals surface area contributed by atoms with Crippen LogP contribution >= 0.6 is 11.3 Å². The van der Waals surface area contributed by atoms with Gasteiger partial charge in [-0.25, -0.2) is 9.97 Å². The maximum absolute atomic E-state index is 5.60. The molecular weight excluding hydrogens is 246 g/mol. The van der Waals surface area contributed by atoms with Gasteiger partial charge in [0.25, 0.3) is 0 Å². The fraction of sp³-hybridized carbons (Fsp3) is 0.167. The summed E-state index contributed by atoms with van der Waals surface area (Å²) in [6.07, 6.45) is 3.52. The third-order valence-electron chi connectivity index (χ3n) is 2.82. The van der Waals surface area contributed by atoms with Crippen LogP contribution in [-0.2, 0) is 6.54 Å². The molecule has 6 heteroatoms. The summed E-state index contributed by atoms with van der Waals surface area (Å²) < 4.78 is 0. The van der Waals surface area contributed by atoms with Gasteiger partial charge in [-0.3, -0.25) is 0 Å². The molecule has 0 aliphatic heterocycles. The quantitative estimate of drug-likeness (QED) is 0.756. The molecule has 3 rings (SSSR count). The molecule has 0 aliphatic carbocycles. The number of H-pyrrole nitrogens is 1. The highest BCUT2D eigenvalue weighted by atomic mass is 32.1. The first-order valence-electron chi connectivity index (χ1n) is 5.59. The van der Waals surface area contributed by atoms with Crippen molar-refractivity contribution in [3.05, 3.63) is 35.6 Å². The van der Waals surface area contributed by atoms with Crippen molar-refractivity contribution >= 4 is 33.2 Å². The van der Waals surface area contributed by atoms with Gasteiger partial charge in [0.15, 0.2) is 5.13 Å². The van der Waals surface area contributed by atoms with Gasteiger partial charge in [0.2, 0.25) is 0 Å². The number of aromatic nitrogens is 3. The number of hydrogen-bond donors (Lipinski definition) is 2.